The summed E-state index contributed by atoms with van der Waals surface area (Å²) in [5, 5.41) is 0. The van der Waals surface area contributed by atoms with E-state index in [1.807, 2.05) is 0 Å². The number of hydrogen-bond donors (Lipinski definition) is 1. The molecule has 2 rings (SSSR count). The predicted molar refractivity (Wildman–Crippen MR) is 40.3 cm³/mol. The average molecular weight is 156 g/mol. The summed E-state index contributed by atoms with van der Waals surface area (Å²) in [5.41, 5.74) is 5.36. The molecule has 62 valence electrons. The number of ether oxygens (including phenoxy) is 2. The first-order valence-corrected chi connectivity index (χ1v) is 3.94. The molecule has 0 aromatic heterocycles. The van der Waals surface area contributed by atoms with Gasteiger partial charge in [0.15, 0.2) is 0 Å². The Hall–Kier alpha value is -0.770. The maximum absolute atomic E-state index is 5.44. The van der Waals surface area contributed by atoms with E-state index in [4.69, 9.17) is 15.2 Å². The summed E-state index contributed by atoms with van der Waals surface area (Å²) in [6, 6.07) is 0.461. The second-order valence-electron chi connectivity index (χ2n) is 2.90. The minimum atomic E-state index is 0.150. The van der Waals surface area contributed by atoms with Crippen molar-refractivity contribution in [2.45, 2.75) is 25.0 Å². The van der Waals surface area contributed by atoms with E-state index in [0.717, 1.165) is 19.4 Å². The first-order valence-electron chi connectivity index (χ1n) is 3.94. The van der Waals surface area contributed by atoms with Crippen LogP contribution in [0.15, 0.2) is 4.99 Å². The first-order chi connectivity index (χ1) is 5.36. The standard InChI is InChI=1S/C7H12N2O2/c8-7-9-5(4-11-7)6-2-1-3-10-6/h5-6H,1-4H2,(H2,8,9). The van der Waals surface area contributed by atoms with Crippen molar-refractivity contribution in [2.75, 3.05) is 13.2 Å². The minimum Gasteiger partial charge on any atom is -0.463 e. The minimum absolute atomic E-state index is 0.150. The smallest absolute Gasteiger partial charge is 0.282 e. The highest BCUT2D eigenvalue weighted by atomic mass is 16.5. The van der Waals surface area contributed by atoms with Crippen LogP contribution in [0.25, 0.3) is 0 Å². The average Bonchev–Trinajstić information content (AvgIpc) is 2.55. The van der Waals surface area contributed by atoms with Crippen molar-refractivity contribution in [1.29, 1.82) is 0 Å². The van der Waals surface area contributed by atoms with Crippen LogP contribution in [0, 0.1) is 0 Å². The third-order valence-electron chi connectivity index (χ3n) is 2.09. The van der Waals surface area contributed by atoms with Crippen molar-refractivity contribution in [3.05, 3.63) is 0 Å². The molecule has 4 nitrogen and oxygen atoms in total. The van der Waals surface area contributed by atoms with Crippen LogP contribution in [-0.2, 0) is 9.47 Å². The van der Waals surface area contributed by atoms with Crippen molar-refractivity contribution in [3.8, 4) is 0 Å². The highest BCUT2D eigenvalue weighted by Crippen LogP contribution is 2.20. The van der Waals surface area contributed by atoms with Crippen molar-refractivity contribution in [3.63, 3.8) is 0 Å². The third-order valence-corrected chi connectivity index (χ3v) is 2.09. The second kappa shape index (κ2) is 2.70. The number of hydrogen-bond acceptors (Lipinski definition) is 4. The second-order valence-corrected chi connectivity index (χ2v) is 2.90. The molecule has 0 aromatic rings. The molecule has 0 aromatic carbocycles. The van der Waals surface area contributed by atoms with E-state index in [2.05, 4.69) is 4.99 Å². The summed E-state index contributed by atoms with van der Waals surface area (Å²) in [7, 11) is 0. The van der Waals surface area contributed by atoms with E-state index >= 15 is 0 Å². The van der Waals surface area contributed by atoms with E-state index in [9.17, 15) is 0 Å². The Bertz CT molecular complexity index is 175. The van der Waals surface area contributed by atoms with Gasteiger partial charge in [-0.05, 0) is 12.8 Å². The quantitative estimate of drug-likeness (QED) is 0.575. The Morgan fingerprint density at radius 2 is 2.45 bits per heavy atom. The van der Waals surface area contributed by atoms with Gasteiger partial charge in [0.25, 0.3) is 6.02 Å². The van der Waals surface area contributed by atoms with Gasteiger partial charge in [0.1, 0.15) is 12.6 Å². The molecule has 0 aliphatic carbocycles. The van der Waals surface area contributed by atoms with Crippen LogP contribution in [0.2, 0.25) is 0 Å². The molecule has 2 aliphatic rings. The number of nitrogens with two attached hydrogens (primary N) is 1. The molecule has 1 saturated heterocycles. The lowest BCUT2D eigenvalue weighted by Gasteiger charge is -2.11. The lowest BCUT2D eigenvalue weighted by Crippen LogP contribution is -2.24. The van der Waals surface area contributed by atoms with E-state index in [-0.39, 0.29) is 12.1 Å². The van der Waals surface area contributed by atoms with Crippen molar-refractivity contribution >= 4 is 6.02 Å². The lowest BCUT2D eigenvalue weighted by atomic mass is 10.1. The molecule has 1 fully saturated rings. The van der Waals surface area contributed by atoms with Crippen LogP contribution < -0.4 is 5.73 Å². The zero-order valence-corrected chi connectivity index (χ0v) is 6.32. The van der Waals surface area contributed by atoms with Crippen LogP contribution in [0.4, 0.5) is 0 Å². The van der Waals surface area contributed by atoms with Gasteiger partial charge in [-0.3, -0.25) is 0 Å². The zero-order valence-electron chi connectivity index (χ0n) is 6.32. The zero-order chi connectivity index (χ0) is 7.68. The topological polar surface area (TPSA) is 56.8 Å². The maximum atomic E-state index is 5.44. The van der Waals surface area contributed by atoms with E-state index in [1.54, 1.807) is 0 Å². The van der Waals surface area contributed by atoms with Gasteiger partial charge in [-0.1, -0.05) is 0 Å². The molecule has 2 aliphatic heterocycles. The van der Waals surface area contributed by atoms with Crippen molar-refractivity contribution in [2.24, 2.45) is 10.7 Å². The Balaban J connectivity index is 1.95. The number of rotatable bonds is 1. The normalized spacial score (nSPS) is 36.9. The fourth-order valence-electron chi connectivity index (χ4n) is 1.51. The van der Waals surface area contributed by atoms with Gasteiger partial charge in [0.05, 0.1) is 6.10 Å². The molecular weight excluding hydrogens is 144 g/mol. The SMILES string of the molecule is NC1=NC(C2CCCO2)CO1. The molecule has 11 heavy (non-hydrogen) atoms. The number of nitrogens with zero attached hydrogens (tertiary/aromatic N) is 1. The summed E-state index contributed by atoms with van der Waals surface area (Å²) in [6.45, 7) is 1.45. The molecule has 2 unspecified atom stereocenters. The van der Waals surface area contributed by atoms with Gasteiger partial charge in [0, 0.05) is 6.61 Å². The van der Waals surface area contributed by atoms with E-state index in [0.29, 0.717) is 12.6 Å². The molecule has 2 atom stereocenters. The highest BCUT2D eigenvalue weighted by Gasteiger charge is 2.29. The molecule has 0 bridgehead atoms. The molecule has 0 saturated carbocycles. The molecule has 0 spiro atoms. The molecule has 0 radical (unpaired) electrons. The summed E-state index contributed by atoms with van der Waals surface area (Å²) in [5.74, 6) is 0. The fraction of sp³-hybridized carbons (Fsp3) is 0.857. The highest BCUT2D eigenvalue weighted by molar-refractivity contribution is 5.73. The van der Waals surface area contributed by atoms with Gasteiger partial charge in [-0.25, -0.2) is 4.99 Å². The molecule has 2 heterocycles. The molecular formula is C7H12N2O2. The largest absolute Gasteiger partial charge is 0.463 e. The number of amidine groups is 1. The Morgan fingerprint density at radius 3 is 3.00 bits per heavy atom. The van der Waals surface area contributed by atoms with Crippen molar-refractivity contribution < 1.29 is 9.47 Å². The number of aliphatic imine (C=N–C) groups is 1. The van der Waals surface area contributed by atoms with E-state index in [1.165, 1.54) is 0 Å². The van der Waals surface area contributed by atoms with Gasteiger partial charge in [-0.2, -0.15) is 0 Å². The predicted octanol–water partition coefficient (Wildman–Crippen LogP) is -0.121. The van der Waals surface area contributed by atoms with Gasteiger partial charge in [-0.15, -0.1) is 0 Å². The Labute approximate surface area is 65.4 Å². The van der Waals surface area contributed by atoms with Gasteiger partial charge >= 0.3 is 0 Å². The summed E-state index contributed by atoms with van der Waals surface area (Å²) in [4.78, 5) is 4.12. The van der Waals surface area contributed by atoms with Crippen LogP contribution >= 0.6 is 0 Å². The molecule has 4 heteroatoms. The van der Waals surface area contributed by atoms with Gasteiger partial charge < -0.3 is 15.2 Å². The molecule has 2 N–H and O–H groups in total. The fourth-order valence-corrected chi connectivity index (χ4v) is 1.51. The van der Waals surface area contributed by atoms with Crippen molar-refractivity contribution in [1.82, 2.24) is 0 Å². The maximum Gasteiger partial charge on any atom is 0.282 e. The lowest BCUT2D eigenvalue weighted by molar-refractivity contribution is 0.0816. The van der Waals surface area contributed by atoms with Crippen LogP contribution in [-0.4, -0.2) is 31.4 Å². The van der Waals surface area contributed by atoms with E-state index < -0.39 is 0 Å². The summed E-state index contributed by atoms with van der Waals surface area (Å²) in [6.07, 6.45) is 2.47. The summed E-state index contributed by atoms with van der Waals surface area (Å²) >= 11 is 0. The monoisotopic (exact) mass is 156 g/mol. The van der Waals surface area contributed by atoms with Crippen LogP contribution in [0.5, 0.6) is 0 Å². The van der Waals surface area contributed by atoms with Gasteiger partial charge in [0.2, 0.25) is 0 Å². The van der Waals surface area contributed by atoms with Crippen LogP contribution in [0.1, 0.15) is 12.8 Å². The third kappa shape index (κ3) is 1.30. The van der Waals surface area contributed by atoms with Crippen LogP contribution in [0.3, 0.4) is 0 Å². The Morgan fingerprint density at radius 1 is 1.55 bits per heavy atom. The Kier molecular flexibility index (Phi) is 1.69. The molecule has 0 amide bonds. The first kappa shape index (κ1) is 6.91. The summed E-state index contributed by atoms with van der Waals surface area (Å²) < 4.78 is 10.5.